The third-order valence-corrected chi connectivity index (χ3v) is 7.25. The van der Waals surface area contributed by atoms with E-state index in [4.69, 9.17) is 4.74 Å². The normalized spacial score (nSPS) is 19.8. The van der Waals surface area contributed by atoms with E-state index in [1.54, 1.807) is 17.2 Å². The van der Waals surface area contributed by atoms with Crippen LogP contribution in [0.25, 0.3) is 0 Å². The second-order valence-corrected chi connectivity index (χ2v) is 9.54. The number of rotatable bonds is 3. The van der Waals surface area contributed by atoms with Crippen molar-refractivity contribution in [3.05, 3.63) is 39.9 Å². The maximum Gasteiger partial charge on any atom is 0.341 e. The number of hydrogen-bond acceptors (Lipinski definition) is 7. The lowest BCUT2D eigenvalue weighted by molar-refractivity contribution is -0.112. The highest BCUT2D eigenvalue weighted by Crippen LogP contribution is 2.38. The molecular weight excluding hydrogens is 402 g/mol. The van der Waals surface area contributed by atoms with E-state index >= 15 is 0 Å². The average Bonchev–Trinajstić information content (AvgIpc) is 3.03. The topological polar surface area (TPSA) is 105 Å². The third-order valence-electron chi connectivity index (χ3n) is 4.89. The standard InChI is InChI=1S/C18H19N3O5S2/c1-26-18(23)14-11-5-2-3-7-13(11)27-17(14)19-16(22)12-6-4-8-21-9-10-28(24,25)20-15(12)21/h4,6,8H,2-3,5,7,9-10H2,1H3,(H,19,22). The van der Waals surface area contributed by atoms with Crippen molar-refractivity contribution in [3.63, 3.8) is 0 Å². The Hall–Kier alpha value is -2.46. The monoisotopic (exact) mass is 421 g/mol. The summed E-state index contributed by atoms with van der Waals surface area (Å²) in [5, 5.41) is 3.22. The molecule has 0 fully saturated rings. The van der Waals surface area contributed by atoms with E-state index in [2.05, 4.69) is 9.71 Å². The molecule has 0 saturated carbocycles. The fraction of sp³-hybridized carbons (Fsp3) is 0.389. The first kappa shape index (κ1) is 18.9. The van der Waals surface area contributed by atoms with Gasteiger partial charge in [-0.1, -0.05) is 0 Å². The highest BCUT2D eigenvalue weighted by atomic mass is 32.2. The lowest BCUT2D eigenvalue weighted by atomic mass is 9.95. The summed E-state index contributed by atoms with van der Waals surface area (Å²) in [5.41, 5.74) is 1.49. The van der Waals surface area contributed by atoms with E-state index in [0.29, 0.717) is 10.6 Å². The fourth-order valence-electron chi connectivity index (χ4n) is 3.54. The first-order chi connectivity index (χ1) is 13.4. The predicted molar refractivity (Wildman–Crippen MR) is 106 cm³/mol. The van der Waals surface area contributed by atoms with Crippen LogP contribution in [0.3, 0.4) is 0 Å². The van der Waals surface area contributed by atoms with Gasteiger partial charge in [-0.15, -0.1) is 15.7 Å². The number of nitrogens with zero attached hydrogens (tertiary/aromatic N) is 2. The minimum absolute atomic E-state index is 0.0973. The smallest absolute Gasteiger partial charge is 0.341 e. The van der Waals surface area contributed by atoms with E-state index in [1.807, 2.05) is 0 Å². The van der Waals surface area contributed by atoms with Gasteiger partial charge in [-0.05, 0) is 43.4 Å². The Balaban J connectivity index is 1.68. The summed E-state index contributed by atoms with van der Waals surface area (Å²) in [4.78, 5) is 28.0. The summed E-state index contributed by atoms with van der Waals surface area (Å²) >= 11 is 1.38. The molecule has 2 aliphatic heterocycles. The number of fused-ring (bicyclic) bond motifs is 2. The fourth-order valence-corrected chi connectivity index (χ4v) is 5.79. The number of carbonyl (C=O) groups excluding carboxylic acids is 2. The lowest BCUT2D eigenvalue weighted by Crippen LogP contribution is -2.40. The van der Waals surface area contributed by atoms with Crippen molar-refractivity contribution in [2.24, 2.45) is 4.40 Å². The number of ether oxygens (including phenoxy) is 1. The van der Waals surface area contributed by atoms with Crippen LogP contribution >= 0.6 is 11.3 Å². The molecule has 148 valence electrons. The maximum absolute atomic E-state index is 12.9. The number of aryl methyl sites for hydroxylation is 1. The van der Waals surface area contributed by atoms with Crippen LogP contribution in [0.4, 0.5) is 5.00 Å². The molecule has 0 atom stereocenters. The summed E-state index contributed by atoms with van der Waals surface area (Å²) in [6.07, 6.45) is 8.56. The van der Waals surface area contributed by atoms with Gasteiger partial charge in [0.1, 0.15) is 5.00 Å². The first-order valence-electron chi connectivity index (χ1n) is 8.92. The molecular formula is C18H19N3O5S2. The van der Waals surface area contributed by atoms with Gasteiger partial charge in [-0.2, -0.15) is 0 Å². The lowest BCUT2D eigenvalue weighted by Gasteiger charge is -2.28. The minimum Gasteiger partial charge on any atom is -0.465 e. The number of anilines is 1. The largest absolute Gasteiger partial charge is 0.465 e. The maximum atomic E-state index is 12.9. The van der Waals surface area contributed by atoms with Crippen LogP contribution in [0.2, 0.25) is 0 Å². The van der Waals surface area contributed by atoms with Crippen molar-refractivity contribution in [1.29, 1.82) is 0 Å². The zero-order chi connectivity index (χ0) is 19.9. The number of thiophene rings is 1. The number of nitrogens with one attached hydrogen (secondary N) is 1. The van der Waals surface area contributed by atoms with E-state index in [-0.39, 0.29) is 23.7 Å². The third kappa shape index (κ3) is 3.37. The molecule has 1 N–H and O–H groups in total. The molecule has 0 aromatic carbocycles. The second kappa shape index (κ2) is 7.17. The van der Waals surface area contributed by atoms with Crippen LogP contribution < -0.4 is 5.32 Å². The van der Waals surface area contributed by atoms with Gasteiger partial charge >= 0.3 is 5.97 Å². The molecule has 0 unspecified atom stereocenters. The van der Waals surface area contributed by atoms with E-state index in [0.717, 1.165) is 36.1 Å². The number of carbonyl (C=O) groups is 2. The Morgan fingerprint density at radius 3 is 2.86 bits per heavy atom. The number of amides is 1. The van der Waals surface area contributed by atoms with Gasteiger partial charge in [0.2, 0.25) is 0 Å². The van der Waals surface area contributed by atoms with Crippen LogP contribution in [0.5, 0.6) is 0 Å². The molecule has 4 rings (SSSR count). The molecule has 0 saturated heterocycles. The van der Waals surface area contributed by atoms with E-state index in [9.17, 15) is 18.0 Å². The highest BCUT2D eigenvalue weighted by Gasteiger charge is 2.32. The molecule has 0 radical (unpaired) electrons. The molecule has 1 aliphatic carbocycles. The van der Waals surface area contributed by atoms with Crippen LogP contribution in [-0.2, 0) is 32.4 Å². The summed E-state index contributed by atoms with van der Waals surface area (Å²) in [6.45, 7) is 0.239. The number of sulfonamides is 1. The number of esters is 1. The Morgan fingerprint density at radius 2 is 2.07 bits per heavy atom. The summed E-state index contributed by atoms with van der Waals surface area (Å²) in [7, 11) is -2.29. The molecule has 8 nitrogen and oxygen atoms in total. The molecule has 1 amide bonds. The Kier molecular flexibility index (Phi) is 4.84. The van der Waals surface area contributed by atoms with E-state index in [1.165, 1.54) is 24.5 Å². The summed E-state index contributed by atoms with van der Waals surface area (Å²) in [6, 6.07) is 0. The van der Waals surface area contributed by atoms with Gasteiger partial charge < -0.3 is 15.0 Å². The van der Waals surface area contributed by atoms with Crippen molar-refractivity contribution in [2.75, 3.05) is 24.7 Å². The molecule has 3 aliphatic rings. The number of amidine groups is 1. The predicted octanol–water partition coefficient (Wildman–Crippen LogP) is 1.85. The quantitative estimate of drug-likeness (QED) is 0.747. The Morgan fingerprint density at radius 1 is 1.29 bits per heavy atom. The number of methoxy groups -OCH3 is 1. The van der Waals surface area contributed by atoms with Crippen molar-refractivity contribution in [2.45, 2.75) is 25.7 Å². The first-order valence-corrected chi connectivity index (χ1v) is 11.3. The van der Waals surface area contributed by atoms with Crippen molar-refractivity contribution in [3.8, 4) is 0 Å². The Bertz CT molecular complexity index is 1050. The van der Waals surface area contributed by atoms with Crippen molar-refractivity contribution in [1.82, 2.24) is 4.90 Å². The molecule has 0 spiro atoms. The highest BCUT2D eigenvalue weighted by molar-refractivity contribution is 7.90. The number of allylic oxidation sites excluding steroid dienone is 2. The van der Waals surface area contributed by atoms with Crippen LogP contribution in [0.15, 0.2) is 28.3 Å². The summed E-state index contributed by atoms with van der Waals surface area (Å²) in [5.74, 6) is -0.979. The molecule has 3 heterocycles. The zero-order valence-corrected chi connectivity index (χ0v) is 16.9. The van der Waals surface area contributed by atoms with Crippen LogP contribution in [0.1, 0.15) is 33.6 Å². The van der Waals surface area contributed by atoms with Gasteiger partial charge in [0, 0.05) is 17.6 Å². The summed E-state index contributed by atoms with van der Waals surface area (Å²) < 4.78 is 32.5. The average molecular weight is 422 g/mol. The SMILES string of the molecule is COC(=O)c1c(NC(=O)C2=CC=CN3CCS(=O)(=O)N=C23)sc2c1CCCC2. The van der Waals surface area contributed by atoms with Crippen LogP contribution in [-0.4, -0.2) is 50.4 Å². The molecule has 0 bridgehead atoms. The van der Waals surface area contributed by atoms with Gasteiger partial charge in [0.25, 0.3) is 15.9 Å². The molecule has 1 aromatic rings. The van der Waals surface area contributed by atoms with Gasteiger partial charge in [-0.3, -0.25) is 4.79 Å². The number of hydrogen-bond donors (Lipinski definition) is 1. The second-order valence-electron chi connectivity index (χ2n) is 6.68. The van der Waals surface area contributed by atoms with E-state index < -0.39 is 21.9 Å². The minimum atomic E-state index is -3.60. The molecule has 1 aromatic heterocycles. The van der Waals surface area contributed by atoms with Gasteiger partial charge in [0.05, 0.1) is 24.0 Å². The van der Waals surface area contributed by atoms with Crippen LogP contribution in [0, 0.1) is 0 Å². The van der Waals surface area contributed by atoms with Crippen molar-refractivity contribution >= 4 is 44.1 Å². The molecule has 28 heavy (non-hydrogen) atoms. The van der Waals surface area contributed by atoms with Crippen molar-refractivity contribution < 1.29 is 22.7 Å². The Labute approximate surface area is 166 Å². The van der Waals surface area contributed by atoms with Gasteiger partial charge in [-0.25, -0.2) is 13.2 Å². The van der Waals surface area contributed by atoms with Gasteiger partial charge in [0.15, 0.2) is 5.84 Å². The zero-order valence-electron chi connectivity index (χ0n) is 15.2. The molecule has 10 heteroatoms.